The largest absolute Gasteiger partial charge is 0.310 e. The zero-order valence-corrected chi connectivity index (χ0v) is 11.0. The SMILES string of the molecule is N#CC1CCCC1NC1CC(c2cccc(F)c2)C1. The molecule has 0 amide bonds. The third kappa shape index (κ3) is 2.64. The summed E-state index contributed by atoms with van der Waals surface area (Å²) in [5.74, 6) is 0.526. The Balaban J connectivity index is 1.52. The van der Waals surface area contributed by atoms with E-state index in [-0.39, 0.29) is 11.7 Å². The molecule has 0 aromatic heterocycles. The van der Waals surface area contributed by atoms with Gasteiger partial charge >= 0.3 is 0 Å². The van der Waals surface area contributed by atoms with E-state index >= 15 is 0 Å². The molecule has 2 aliphatic carbocycles. The number of benzene rings is 1. The Labute approximate surface area is 113 Å². The Morgan fingerprint density at radius 2 is 2.11 bits per heavy atom. The van der Waals surface area contributed by atoms with Crippen LogP contribution in [0.1, 0.15) is 43.6 Å². The van der Waals surface area contributed by atoms with Crippen molar-refractivity contribution in [2.75, 3.05) is 0 Å². The van der Waals surface area contributed by atoms with Gasteiger partial charge in [-0.15, -0.1) is 0 Å². The van der Waals surface area contributed by atoms with Gasteiger partial charge in [0.25, 0.3) is 0 Å². The van der Waals surface area contributed by atoms with Gasteiger partial charge in [-0.25, -0.2) is 4.39 Å². The van der Waals surface area contributed by atoms with Crippen molar-refractivity contribution in [1.82, 2.24) is 5.32 Å². The van der Waals surface area contributed by atoms with Crippen LogP contribution in [0, 0.1) is 23.1 Å². The Bertz CT molecular complexity index is 488. The van der Waals surface area contributed by atoms with Gasteiger partial charge in [0.1, 0.15) is 5.82 Å². The molecule has 0 spiro atoms. The predicted molar refractivity (Wildman–Crippen MR) is 72.0 cm³/mol. The van der Waals surface area contributed by atoms with Crippen LogP contribution in [0.25, 0.3) is 0 Å². The second-order valence-corrected chi connectivity index (χ2v) is 5.86. The third-order valence-corrected chi connectivity index (χ3v) is 4.59. The monoisotopic (exact) mass is 258 g/mol. The number of rotatable bonds is 3. The topological polar surface area (TPSA) is 35.8 Å². The second-order valence-electron chi connectivity index (χ2n) is 5.86. The smallest absolute Gasteiger partial charge is 0.123 e. The molecule has 0 aliphatic heterocycles. The molecule has 1 N–H and O–H groups in total. The van der Waals surface area contributed by atoms with Crippen LogP contribution < -0.4 is 5.32 Å². The molecule has 1 aromatic rings. The van der Waals surface area contributed by atoms with Crippen molar-refractivity contribution < 1.29 is 4.39 Å². The molecule has 2 unspecified atom stereocenters. The summed E-state index contributed by atoms with van der Waals surface area (Å²) in [7, 11) is 0. The molecule has 0 radical (unpaired) electrons. The highest BCUT2D eigenvalue weighted by Gasteiger charge is 2.35. The highest BCUT2D eigenvalue weighted by Crippen LogP contribution is 2.38. The lowest BCUT2D eigenvalue weighted by Crippen LogP contribution is -2.46. The van der Waals surface area contributed by atoms with Gasteiger partial charge in [0.2, 0.25) is 0 Å². The molecule has 2 nitrogen and oxygen atoms in total. The molecule has 1 aromatic carbocycles. The fourth-order valence-corrected chi connectivity index (χ4v) is 3.40. The van der Waals surface area contributed by atoms with Crippen molar-refractivity contribution in [2.24, 2.45) is 5.92 Å². The van der Waals surface area contributed by atoms with Crippen LogP contribution in [0.4, 0.5) is 4.39 Å². The van der Waals surface area contributed by atoms with Gasteiger partial charge < -0.3 is 5.32 Å². The van der Waals surface area contributed by atoms with Gasteiger partial charge in [0.15, 0.2) is 0 Å². The first-order valence-corrected chi connectivity index (χ1v) is 7.17. The standard InChI is InChI=1S/C16H19FN2/c17-14-5-1-3-11(7-14)13-8-15(9-13)19-16-6-2-4-12(16)10-18/h1,3,5,7,12-13,15-16,19H,2,4,6,8-9H2. The van der Waals surface area contributed by atoms with Gasteiger partial charge in [0, 0.05) is 12.1 Å². The zero-order valence-electron chi connectivity index (χ0n) is 11.0. The highest BCUT2D eigenvalue weighted by atomic mass is 19.1. The predicted octanol–water partition coefficient (Wildman–Crippen LogP) is 3.35. The number of nitrogens with one attached hydrogen (secondary N) is 1. The van der Waals surface area contributed by atoms with E-state index in [9.17, 15) is 4.39 Å². The van der Waals surface area contributed by atoms with Crippen LogP contribution in [0.2, 0.25) is 0 Å². The fraction of sp³-hybridized carbons (Fsp3) is 0.562. The molecule has 19 heavy (non-hydrogen) atoms. The summed E-state index contributed by atoms with van der Waals surface area (Å²) in [6.07, 6.45) is 5.46. The molecule has 0 saturated heterocycles. The summed E-state index contributed by atoms with van der Waals surface area (Å²) >= 11 is 0. The summed E-state index contributed by atoms with van der Waals surface area (Å²) in [4.78, 5) is 0. The van der Waals surface area contributed by atoms with Crippen molar-refractivity contribution in [3.05, 3.63) is 35.6 Å². The average Bonchev–Trinajstić information content (AvgIpc) is 2.80. The van der Waals surface area contributed by atoms with Crippen LogP contribution in [0.15, 0.2) is 24.3 Å². The Hall–Kier alpha value is -1.40. The van der Waals surface area contributed by atoms with Crippen LogP contribution >= 0.6 is 0 Å². The van der Waals surface area contributed by atoms with E-state index in [0.717, 1.165) is 37.7 Å². The molecule has 3 heteroatoms. The number of hydrogen-bond donors (Lipinski definition) is 1. The Morgan fingerprint density at radius 3 is 2.84 bits per heavy atom. The number of nitriles is 1. The number of halogens is 1. The van der Waals surface area contributed by atoms with E-state index in [1.807, 2.05) is 6.07 Å². The van der Waals surface area contributed by atoms with Gasteiger partial charge in [-0.05, 0) is 49.3 Å². The minimum Gasteiger partial charge on any atom is -0.310 e. The van der Waals surface area contributed by atoms with E-state index in [2.05, 4.69) is 11.4 Å². The zero-order chi connectivity index (χ0) is 13.2. The average molecular weight is 258 g/mol. The summed E-state index contributed by atoms with van der Waals surface area (Å²) < 4.78 is 13.2. The molecule has 2 atom stereocenters. The summed E-state index contributed by atoms with van der Waals surface area (Å²) in [6.45, 7) is 0. The lowest BCUT2D eigenvalue weighted by atomic mass is 9.75. The third-order valence-electron chi connectivity index (χ3n) is 4.59. The van der Waals surface area contributed by atoms with Crippen molar-refractivity contribution in [3.8, 4) is 6.07 Å². The minimum absolute atomic E-state index is 0.144. The minimum atomic E-state index is -0.144. The lowest BCUT2D eigenvalue weighted by Gasteiger charge is -2.38. The van der Waals surface area contributed by atoms with Crippen molar-refractivity contribution in [3.63, 3.8) is 0 Å². The van der Waals surface area contributed by atoms with E-state index in [1.54, 1.807) is 12.1 Å². The molecular weight excluding hydrogens is 239 g/mol. The number of nitrogens with zero attached hydrogens (tertiary/aromatic N) is 1. The maximum atomic E-state index is 13.2. The summed E-state index contributed by atoms with van der Waals surface area (Å²) in [5, 5.41) is 12.7. The van der Waals surface area contributed by atoms with E-state index in [0.29, 0.717) is 18.0 Å². The highest BCUT2D eigenvalue weighted by molar-refractivity contribution is 5.24. The van der Waals surface area contributed by atoms with Crippen molar-refractivity contribution in [2.45, 2.75) is 50.1 Å². The first kappa shape index (κ1) is 12.6. The molecule has 0 bridgehead atoms. The summed E-state index contributed by atoms with van der Waals surface area (Å²) in [5.41, 5.74) is 1.11. The van der Waals surface area contributed by atoms with Gasteiger partial charge in [-0.1, -0.05) is 18.6 Å². The van der Waals surface area contributed by atoms with Crippen LogP contribution in [-0.2, 0) is 0 Å². The summed E-state index contributed by atoms with van der Waals surface area (Å²) in [6, 6.07) is 10.2. The maximum absolute atomic E-state index is 13.2. The lowest BCUT2D eigenvalue weighted by molar-refractivity contribution is 0.254. The quantitative estimate of drug-likeness (QED) is 0.902. The molecule has 100 valence electrons. The van der Waals surface area contributed by atoms with E-state index in [4.69, 9.17) is 5.26 Å². The number of hydrogen-bond acceptors (Lipinski definition) is 2. The Morgan fingerprint density at radius 1 is 1.26 bits per heavy atom. The first-order chi connectivity index (χ1) is 9.26. The second kappa shape index (κ2) is 5.30. The molecular formula is C16H19FN2. The van der Waals surface area contributed by atoms with Gasteiger partial charge in [-0.2, -0.15) is 5.26 Å². The molecule has 2 saturated carbocycles. The molecule has 0 heterocycles. The van der Waals surface area contributed by atoms with Gasteiger partial charge in [-0.3, -0.25) is 0 Å². The first-order valence-electron chi connectivity index (χ1n) is 7.17. The van der Waals surface area contributed by atoms with Crippen molar-refractivity contribution in [1.29, 1.82) is 5.26 Å². The molecule has 2 fully saturated rings. The molecule has 3 rings (SSSR count). The van der Waals surface area contributed by atoms with Gasteiger partial charge in [0.05, 0.1) is 12.0 Å². The van der Waals surface area contributed by atoms with Crippen LogP contribution in [-0.4, -0.2) is 12.1 Å². The fourth-order valence-electron chi connectivity index (χ4n) is 3.40. The van der Waals surface area contributed by atoms with E-state index in [1.165, 1.54) is 6.07 Å². The van der Waals surface area contributed by atoms with E-state index < -0.39 is 0 Å². The Kier molecular flexibility index (Phi) is 3.52. The maximum Gasteiger partial charge on any atom is 0.123 e. The van der Waals surface area contributed by atoms with Crippen LogP contribution in [0.5, 0.6) is 0 Å². The van der Waals surface area contributed by atoms with Crippen LogP contribution in [0.3, 0.4) is 0 Å². The van der Waals surface area contributed by atoms with Crippen molar-refractivity contribution >= 4 is 0 Å². The normalized spacial score (nSPS) is 33.7. The molecule has 2 aliphatic rings.